The van der Waals surface area contributed by atoms with Gasteiger partial charge in [-0.3, -0.25) is 4.79 Å². The predicted molar refractivity (Wildman–Crippen MR) is 66.2 cm³/mol. The number of ether oxygens (including phenoxy) is 1. The fraction of sp³-hybridized carbons (Fsp3) is 0.917. The molecule has 96 valence electrons. The van der Waals surface area contributed by atoms with Crippen LogP contribution in [-0.4, -0.2) is 31.2 Å². The first-order chi connectivity index (χ1) is 7.64. The standard InChI is InChI=1S/C12H26N2O2/c1-4-7-8-16-9-11(15)14-12(5-2,6-3)10-13/h4-10,13H2,1-3H3,(H,14,15). The van der Waals surface area contributed by atoms with Crippen LogP contribution in [0.25, 0.3) is 0 Å². The van der Waals surface area contributed by atoms with Gasteiger partial charge < -0.3 is 15.8 Å². The van der Waals surface area contributed by atoms with Crippen molar-refractivity contribution in [1.29, 1.82) is 0 Å². The zero-order valence-corrected chi connectivity index (χ0v) is 10.8. The number of nitrogens with two attached hydrogens (primary N) is 1. The minimum Gasteiger partial charge on any atom is -0.372 e. The van der Waals surface area contributed by atoms with E-state index in [1.165, 1.54) is 0 Å². The molecular weight excluding hydrogens is 204 g/mol. The van der Waals surface area contributed by atoms with E-state index in [1.54, 1.807) is 0 Å². The normalized spacial score (nSPS) is 11.5. The maximum Gasteiger partial charge on any atom is 0.246 e. The molecule has 1 amide bonds. The molecule has 0 unspecified atom stereocenters. The van der Waals surface area contributed by atoms with Crippen molar-refractivity contribution in [3.63, 3.8) is 0 Å². The first kappa shape index (κ1) is 15.4. The van der Waals surface area contributed by atoms with Gasteiger partial charge in [-0.2, -0.15) is 0 Å². The van der Waals surface area contributed by atoms with Gasteiger partial charge in [-0.1, -0.05) is 27.2 Å². The van der Waals surface area contributed by atoms with E-state index in [0.29, 0.717) is 13.2 Å². The number of carbonyl (C=O) groups is 1. The summed E-state index contributed by atoms with van der Waals surface area (Å²) in [5.41, 5.74) is 5.44. The average molecular weight is 230 g/mol. The molecule has 0 fully saturated rings. The van der Waals surface area contributed by atoms with Crippen LogP contribution in [0, 0.1) is 0 Å². The fourth-order valence-electron chi connectivity index (χ4n) is 1.51. The summed E-state index contributed by atoms with van der Waals surface area (Å²) in [7, 11) is 0. The molecule has 4 heteroatoms. The second kappa shape index (κ2) is 8.53. The monoisotopic (exact) mass is 230 g/mol. The topological polar surface area (TPSA) is 64.3 Å². The lowest BCUT2D eigenvalue weighted by Gasteiger charge is -2.31. The zero-order chi connectivity index (χ0) is 12.4. The van der Waals surface area contributed by atoms with Gasteiger partial charge in [0.2, 0.25) is 5.91 Å². The lowest BCUT2D eigenvalue weighted by atomic mass is 9.93. The van der Waals surface area contributed by atoms with Crippen LogP contribution in [-0.2, 0) is 9.53 Å². The third-order valence-electron chi connectivity index (χ3n) is 3.02. The van der Waals surface area contributed by atoms with Gasteiger partial charge in [0.25, 0.3) is 0 Å². The van der Waals surface area contributed by atoms with Crippen LogP contribution in [0.2, 0.25) is 0 Å². The Morgan fingerprint density at radius 1 is 1.31 bits per heavy atom. The number of amides is 1. The Labute approximate surface area is 98.9 Å². The van der Waals surface area contributed by atoms with Gasteiger partial charge in [0.15, 0.2) is 0 Å². The number of rotatable bonds is 9. The summed E-state index contributed by atoms with van der Waals surface area (Å²) in [6.07, 6.45) is 3.77. The van der Waals surface area contributed by atoms with Gasteiger partial charge in [0, 0.05) is 13.2 Å². The summed E-state index contributed by atoms with van der Waals surface area (Å²) in [6, 6.07) is 0. The third-order valence-corrected chi connectivity index (χ3v) is 3.02. The average Bonchev–Trinajstić information content (AvgIpc) is 2.32. The Hall–Kier alpha value is -0.610. The van der Waals surface area contributed by atoms with Crippen molar-refractivity contribution in [2.45, 2.75) is 52.0 Å². The van der Waals surface area contributed by atoms with Crippen molar-refractivity contribution in [1.82, 2.24) is 5.32 Å². The lowest BCUT2D eigenvalue weighted by molar-refractivity contribution is -0.127. The highest BCUT2D eigenvalue weighted by molar-refractivity contribution is 5.78. The lowest BCUT2D eigenvalue weighted by Crippen LogP contribution is -2.53. The van der Waals surface area contributed by atoms with Crippen LogP contribution in [0.1, 0.15) is 46.5 Å². The van der Waals surface area contributed by atoms with Crippen LogP contribution in [0.5, 0.6) is 0 Å². The van der Waals surface area contributed by atoms with E-state index < -0.39 is 0 Å². The number of hydrogen-bond acceptors (Lipinski definition) is 3. The summed E-state index contributed by atoms with van der Waals surface area (Å²) in [5, 5.41) is 2.97. The summed E-state index contributed by atoms with van der Waals surface area (Å²) in [5.74, 6) is -0.0646. The largest absolute Gasteiger partial charge is 0.372 e. The highest BCUT2D eigenvalue weighted by Crippen LogP contribution is 2.12. The van der Waals surface area contributed by atoms with E-state index in [9.17, 15) is 4.79 Å². The quantitative estimate of drug-likeness (QED) is 0.589. The van der Waals surface area contributed by atoms with Crippen molar-refractivity contribution < 1.29 is 9.53 Å². The molecule has 16 heavy (non-hydrogen) atoms. The summed E-state index contributed by atoms with van der Waals surface area (Å²) in [6.45, 7) is 7.43. The Morgan fingerprint density at radius 2 is 1.94 bits per heavy atom. The highest BCUT2D eigenvalue weighted by Gasteiger charge is 2.25. The number of carbonyl (C=O) groups excluding carboxylic acids is 1. The van der Waals surface area contributed by atoms with Gasteiger partial charge in [-0.15, -0.1) is 0 Å². The molecule has 3 N–H and O–H groups in total. The van der Waals surface area contributed by atoms with Crippen LogP contribution in [0.4, 0.5) is 0 Å². The summed E-state index contributed by atoms with van der Waals surface area (Å²) in [4.78, 5) is 11.6. The maximum atomic E-state index is 11.6. The van der Waals surface area contributed by atoms with Crippen LogP contribution < -0.4 is 11.1 Å². The van der Waals surface area contributed by atoms with Gasteiger partial charge in [-0.25, -0.2) is 0 Å². The van der Waals surface area contributed by atoms with E-state index in [0.717, 1.165) is 25.7 Å². The van der Waals surface area contributed by atoms with E-state index >= 15 is 0 Å². The number of unbranched alkanes of at least 4 members (excludes halogenated alkanes) is 1. The molecule has 0 bridgehead atoms. The fourth-order valence-corrected chi connectivity index (χ4v) is 1.51. The second-order valence-corrected chi connectivity index (χ2v) is 4.15. The van der Waals surface area contributed by atoms with Crippen molar-refractivity contribution in [3.8, 4) is 0 Å². The SMILES string of the molecule is CCCCOCC(=O)NC(CC)(CC)CN. The van der Waals surface area contributed by atoms with Gasteiger partial charge >= 0.3 is 0 Å². The molecule has 0 aromatic carbocycles. The van der Waals surface area contributed by atoms with Crippen molar-refractivity contribution in [2.75, 3.05) is 19.8 Å². The molecule has 0 spiro atoms. The van der Waals surface area contributed by atoms with E-state index in [4.69, 9.17) is 10.5 Å². The molecule has 0 aliphatic carbocycles. The van der Waals surface area contributed by atoms with Crippen LogP contribution in [0.3, 0.4) is 0 Å². The number of hydrogen-bond donors (Lipinski definition) is 2. The van der Waals surface area contributed by atoms with E-state index in [-0.39, 0.29) is 18.1 Å². The van der Waals surface area contributed by atoms with Crippen LogP contribution >= 0.6 is 0 Å². The maximum absolute atomic E-state index is 11.6. The molecule has 0 aliphatic heterocycles. The Kier molecular flexibility index (Phi) is 8.21. The molecule has 0 atom stereocenters. The van der Waals surface area contributed by atoms with Crippen molar-refractivity contribution in [3.05, 3.63) is 0 Å². The van der Waals surface area contributed by atoms with Crippen molar-refractivity contribution in [2.24, 2.45) is 5.73 Å². The minimum absolute atomic E-state index is 0.0646. The summed E-state index contributed by atoms with van der Waals surface area (Å²) < 4.78 is 5.26. The molecule has 0 saturated heterocycles. The molecule has 4 nitrogen and oxygen atoms in total. The van der Waals surface area contributed by atoms with E-state index in [1.807, 2.05) is 13.8 Å². The predicted octanol–water partition coefficient (Wildman–Crippen LogP) is 1.44. The minimum atomic E-state index is -0.259. The molecule has 0 aliphatic rings. The molecule has 0 rings (SSSR count). The zero-order valence-electron chi connectivity index (χ0n) is 10.8. The van der Waals surface area contributed by atoms with Crippen LogP contribution in [0.15, 0.2) is 0 Å². The van der Waals surface area contributed by atoms with E-state index in [2.05, 4.69) is 12.2 Å². The number of nitrogens with one attached hydrogen (secondary N) is 1. The summed E-state index contributed by atoms with van der Waals surface area (Å²) >= 11 is 0. The molecule has 0 saturated carbocycles. The second-order valence-electron chi connectivity index (χ2n) is 4.15. The van der Waals surface area contributed by atoms with Gasteiger partial charge in [0.1, 0.15) is 6.61 Å². The first-order valence-electron chi connectivity index (χ1n) is 6.23. The highest BCUT2D eigenvalue weighted by atomic mass is 16.5. The first-order valence-corrected chi connectivity index (χ1v) is 6.23. The Morgan fingerprint density at radius 3 is 2.38 bits per heavy atom. The molecule has 0 aromatic rings. The molecule has 0 radical (unpaired) electrons. The van der Waals surface area contributed by atoms with Gasteiger partial charge in [-0.05, 0) is 19.3 Å². The van der Waals surface area contributed by atoms with Crippen molar-refractivity contribution >= 4 is 5.91 Å². The molecule has 0 aromatic heterocycles. The van der Waals surface area contributed by atoms with Gasteiger partial charge in [0.05, 0.1) is 5.54 Å². The smallest absolute Gasteiger partial charge is 0.246 e. The Balaban J connectivity index is 3.91. The Bertz CT molecular complexity index is 183. The molecule has 0 heterocycles. The third kappa shape index (κ3) is 5.47. The molecular formula is C12H26N2O2.